The monoisotopic (exact) mass is 1020 g/mol. The highest BCUT2D eigenvalue weighted by atomic mass is 16.6. The highest BCUT2D eigenvalue weighted by molar-refractivity contribution is 5.96. The summed E-state index contributed by atoms with van der Waals surface area (Å²) >= 11 is 0. The van der Waals surface area contributed by atoms with Crippen molar-refractivity contribution in [2.45, 2.75) is 128 Å². The SMILES string of the molecule is CC(=O)CCC(=O)NCC(=O)O[C@](C=O)(CO[C@H]1C[C@@]2(O)[C@@H](OC(=O)c3ccccc3)[C@@H]3[C@]4(OC(C)=O)CO[C@@H]4C[C@H](O)[C@@]3(C)C(=O)[C@H](OC(C)=O)C(=C1C)C2(C)C)[C@@H](NC(=O)c1ccccc1)c1ccccc1. The van der Waals surface area contributed by atoms with Gasteiger partial charge in [-0.15, -0.1) is 0 Å². The van der Waals surface area contributed by atoms with Gasteiger partial charge in [0.1, 0.15) is 36.2 Å². The number of aldehydes is 1. The van der Waals surface area contributed by atoms with E-state index in [2.05, 4.69) is 10.6 Å². The van der Waals surface area contributed by atoms with E-state index in [0.717, 1.165) is 13.8 Å². The van der Waals surface area contributed by atoms with Gasteiger partial charge < -0.3 is 54.1 Å². The predicted octanol–water partition coefficient (Wildman–Crippen LogP) is 3.81. The Kier molecular flexibility index (Phi) is 15.9. The molecule has 1 heterocycles. The Bertz CT molecular complexity index is 2710. The lowest BCUT2D eigenvalue weighted by Crippen LogP contribution is -2.82. The van der Waals surface area contributed by atoms with Crippen LogP contribution in [0.1, 0.15) is 106 Å². The Morgan fingerprint density at radius 1 is 0.851 bits per heavy atom. The van der Waals surface area contributed by atoms with Crippen molar-refractivity contribution in [1.82, 2.24) is 10.6 Å². The molecule has 74 heavy (non-hydrogen) atoms. The van der Waals surface area contributed by atoms with E-state index in [4.69, 9.17) is 28.4 Å². The molecule has 3 aromatic carbocycles. The zero-order chi connectivity index (χ0) is 54.0. The molecule has 19 heteroatoms. The van der Waals surface area contributed by atoms with Crippen LogP contribution in [0, 0.1) is 16.7 Å². The molecule has 4 N–H and O–H groups in total. The molecule has 0 radical (unpaired) electrons. The third kappa shape index (κ3) is 10.2. The summed E-state index contributed by atoms with van der Waals surface area (Å²) in [4.78, 5) is 123. The highest BCUT2D eigenvalue weighted by Crippen LogP contribution is 2.64. The molecular weight excluding hydrogens is 961 g/mol. The van der Waals surface area contributed by atoms with Crippen molar-refractivity contribution in [3.8, 4) is 0 Å². The number of aliphatic hydroxyl groups excluding tert-OH is 1. The van der Waals surface area contributed by atoms with Crippen molar-refractivity contribution in [1.29, 1.82) is 0 Å². The van der Waals surface area contributed by atoms with Crippen molar-refractivity contribution in [3.63, 3.8) is 0 Å². The quantitative estimate of drug-likeness (QED) is 0.0610. The Morgan fingerprint density at radius 2 is 1.46 bits per heavy atom. The maximum atomic E-state index is 15.8. The number of aliphatic hydroxyl groups is 2. The molecule has 1 aliphatic heterocycles. The molecule has 2 amide bonds. The van der Waals surface area contributed by atoms with Gasteiger partial charge in [-0.05, 0) is 61.7 Å². The molecule has 7 rings (SSSR count). The number of Topliss-reactive ketones (excluding diaryl/α,β-unsaturated/α-hetero) is 2. The number of hydrogen-bond donors (Lipinski definition) is 4. The van der Waals surface area contributed by atoms with Gasteiger partial charge in [0.2, 0.25) is 11.5 Å². The van der Waals surface area contributed by atoms with Crippen molar-refractivity contribution in [2.24, 2.45) is 16.7 Å². The summed E-state index contributed by atoms with van der Waals surface area (Å²) in [6.07, 6.45) is -8.78. The Morgan fingerprint density at radius 3 is 2.01 bits per heavy atom. The fourth-order valence-electron chi connectivity index (χ4n) is 11.3. The van der Waals surface area contributed by atoms with Crippen LogP contribution >= 0.6 is 0 Å². The average molecular weight is 1020 g/mol. The van der Waals surface area contributed by atoms with Gasteiger partial charge in [-0.3, -0.25) is 33.6 Å². The number of amides is 2. The summed E-state index contributed by atoms with van der Waals surface area (Å²) in [6.45, 7) is 7.49. The Balaban J connectivity index is 1.41. The van der Waals surface area contributed by atoms with Crippen molar-refractivity contribution in [3.05, 3.63) is 119 Å². The summed E-state index contributed by atoms with van der Waals surface area (Å²) in [5.74, 6) is -8.00. The van der Waals surface area contributed by atoms with Crippen LogP contribution in [0.2, 0.25) is 0 Å². The highest BCUT2D eigenvalue weighted by Gasteiger charge is 2.78. The minimum Gasteiger partial charge on any atom is -0.455 e. The van der Waals surface area contributed by atoms with Gasteiger partial charge in [0, 0.05) is 50.5 Å². The fraction of sp³-hybridized carbons (Fsp3) is 0.473. The van der Waals surface area contributed by atoms with Gasteiger partial charge in [0.25, 0.3) is 5.91 Å². The maximum Gasteiger partial charge on any atom is 0.338 e. The lowest BCUT2D eigenvalue weighted by atomic mass is 9.44. The van der Waals surface area contributed by atoms with E-state index in [9.17, 15) is 48.6 Å². The molecule has 3 aromatic rings. The first-order valence-corrected chi connectivity index (χ1v) is 24.3. The summed E-state index contributed by atoms with van der Waals surface area (Å²) in [6, 6.07) is 22.2. The van der Waals surface area contributed by atoms with E-state index < -0.39 is 131 Å². The molecule has 2 saturated carbocycles. The zero-order valence-electron chi connectivity index (χ0n) is 42.2. The number of ether oxygens (including phenoxy) is 6. The smallest absolute Gasteiger partial charge is 0.338 e. The van der Waals surface area contributed by atoms with Crippen LogP contribution in [0.5, 0.6) is 0 Å². The van der Waals surface area contributed by atoms with Crippen molar-refractivity contribution < 1.29 is 81.8 Å². The number of ketones is 2. The minimum absolute atomic E-state index is 0.0171. The van der Waals surface area contributed by atoms with Crippen LogP contribution in [-0.2, 0) is 62.0 Å². The number of nitrogens with one attached hydrogen (secondary N) is 2. The summed E-state index contributed by atoms with van der Waals surface area (Å²) in [5.41, 5.74) is -10.00. The van der Waals surface area contributed by atoms with Gasteiger partial charge in [-0.25, -0.2) is 4.79 Å². The third-order valence-electron chi connectivity index (χ3n) is 15.3. The fourth-order valence-corrected chi connectivity index (χ4v) is 11.3. The first-order valence-electron chi connectivity index (χ1n) is 24.3. The van der Waals surface area contributed by atoms with Gasteiger partial charge in [0.05, 0.1) is 42.3 Å². The Hall–Kier alpha value is -6.93. The second-order valence-electron chi connectivity index (χ2n) is 20.3. The number of benzene rings is 3. The number of rotatable bonds is 18. The lowest BCUT2D eigenvalue weighted by molar-refractivity contribution is -0.346. The summed E-state index contributed by atoms with van der Waals surface area (Å²) < 4.78 is 37.3. The molecular formula is C55H62N2O17. The largest absolute Gasteiger partial charge is 0.455 e. The minimum atomic E-state index is -2.51. The molecule has 0 aromatic heterocycles. The van der Waals surface area contributed by atoms with Crippen LogP contribution < -0.4 is 10.6 Å². The van der Waals surface area contributed by atoms with E-state index in [1.54, 1.807) is 87.5 Å². The molecule has 19 nitrogen and oxygen atoms in total. The van der Waals surface area contributed by atoms with Crippen LogP contribution in [0.3, 0.4) is 0 Å². The number of fused-ring (bicyclic) bond motifs is 5. The first-order chi connectivity index (χ1) is 34.9. The number of carbonyl (C=O) groups is 9. The molecule has 11 atom stereocenters. The van der Waals surface area contributed by atoms with Gasteiger partial charge in [-0.2, -0.15) is 0 Å². The molecule has 4 aliphatic rings. The number of esters is 4. The van der Waals surface area contributed by atoms with Crippen molar-refractivity contribution in [2.75, 3.05) is 19.8 Å². The Labute approximate surface area is 427 Å². The van der Waals surface area contributed by atoms with Crippen molar-refractivity contribution >= 4 is 53.5 Å². The number of carbonyl (C=O) groups excluding carboxylic acids is 9. The predicted molar refractivity (Wildman–Crippen MR) is 259 cm³/mol. The molecule has 3 aliphatic carbocycles. The van der Waals surface area contributed by atoms with Gasteiger partial charge in [0.15, 0.2) is 23.8 Å². The molecule has 2 bridgehead atoms. The summed E-state index contributed by atoms with van der Waals surface area (Å²) in [5, 5.41) is 31.5. The second-order valence-corrected chi connectivity index (χ2v) is 20.3. The second kappa shape index (κ2) is 21.5. The summed E-state index contributed by atoms with van der Waals surface area (Å²) in [7, 11) is 0. The topological polar surface area (TPSA) is 274 Å². The molecule has 0 unspecified atom stereocenters. The van der Waals surface area contributed by atoms with Crippen LogP contribution in [0.4, 0.5) is 0 Å². The molecule has 3 fully saturated rings. The third-order valence-corrected chi connectivity index (χ3v) is 15.3. The first kappa shape index (κ1) is 54.8. The van der Waals surface area contributed by atoms with Crippen LogP contribution in [0.25, 0.3) is 0 Å². The van der Waals surface area contributed by atoms with Crippen LogP contribution in [0.15, 0.2) is 102 Å². The maximum absolute atomic E-state index is 15.8. The molecule has 1 saturated heterocycles. The number of hydrogen-bond acceptors (Lipinski definition) is 17. The molecule has 394 valence electrons. The normalized spacial score (nSPS) is 28.9. The van der Waals surface area contributed by atoms with E-state index in [1.165, 1.54) is 38.1 Å². The van der Waals surface area contributed by atoms with E-state index in [0.29, 0.717) is 0 Å². The van der Waals surface area contributed by atoms with E-state index in [-0.39, 0.29) is 65.8 Å². The van der Waals surface area contributed by atoms with Gasteiger partial charge in [-0.1, -0.05) is 80.6 Å². The average Bonchev–Trinajstić information content (AvgIpc) is 3.36. The molecule has 0 spiro atoms. The van der Waals surface area contributed by atoms with Gasteiger partial charge >= 0.3 is 23.9 Å². The van der Waals surface area contributed by atoms with E-state index >= 15 is 4.79 Å². The van der Waals surface area contributed by atoms with E-state index in [1.807, 2.05) is 0 Å². The van der Waals surface area contributed by atoms with Crippen LogP contribution in [-0.4, -0.2) is 131 Å². The zero-order valence-corrected chi connectivity index (χ0v) is 42.2. The standard InChI is InChI=1S/C55H62N2O17/c1-31(59)23-24-41(63)56-27-42(64)74-53(28-58,46(35-17-11-8-12-18-35)57-49(66)36-19-13-9-14-20-36)29-69-38-26-55(68)48(72-50(67)37-21-15-10-16-22-37)45-52(7,39(62)25-40-54(45,30-70-40)73-34(4)61)47(65)44(71-33(3)60)43(32(38)2)51(55,5)6/h8-22,28,38-40,44-46,48,62,68H,23-27,29-30H2,1-7H3,(H,56,63)(H,57,66)/t38-,39-,40+,44+,45-,46-,48-,52+,53+,54-,55+/m0/s1. The lowest BCUT2D eigenvalue weighted by Gasteiger charge is -2.67.